The predicted molar refractivity (Wildman–Crippen MR) is 130 cm³/mol. The van der Waals surface area contributed by atoms with Crippen LogP contribution in [0.3, 0.4) is 0 Å². The second-order valence-electron chi connectivity index (χ2n) is 5.89. The van der Waals surface area contributed by atoms with Crippen LogP contribution in [-0.2, 0) is 16.0 Å². The van der Waals surface area contributed by atoms with E-state index in [1.165, 1.54) is 0 Å². The standard InChI is InChI=1S/C16H21I3N2O8/c17-12-9(1-7(26)3-22)13(18)16(14(19)15(12)20-10(28)5-24)21(11(29)6-25)2-8(27)4-23/h7-8,22-27H,1-6H2,(H,20,28). The van der Waals surface area contributed by atoms with Crippen LogP contribution in [0, 0.1) is 10.7 Å². The zero-order valence-corrected chi connectivity index (χ0v) is 21.5. The van der Waals surface area contributed by atoms with Crippen LogP contribution in [0.25, 0.3) is 0 Å². The Morgan fingerprint density at radius 3 is 1.97 bits per heavy atom. The van der Waals surface area contributed by atoms with E-state index < -0.39 is 50.4 Å². The van der Waals surface area contributed by atoms with Crippen LogP contribution in [0.1, 0.15) is 5.56 Å². The maximum absolute atomic E-state index is 12.4. The van der Waals surface area contributed by atoms with Gasteiger partial charge in [0.05, 0.1) is 46.9 Å². The third kappa shape index (κ3) is 7.06. The Morgan fingerprint density at radius 2 is 1.48 bits per heavy atom. The van der Waals surface area contributed by atoms with Gasteiger partial charge in [-0.25, -0.2) is 0 Å². The van der Waals surface area contributed by atoms with Gasteiger partial charge in [-0.2, -0.15) is 0 Å². The third-order valence-electron chi connectivity index (χ3n) is 3.75. The quantitative estimate of drug-likeness (QED) is 0.150. The van der Waals surface area contributed by atoms with Crippen LogP contribution in [0.5, 0.6) is 0 Å². The third-order valence-corrected chi connectivity index (χ3v) is 7.16. The molecule has 0 fully saturated rings. The lowest BCUT2D eigenvalue weighted by atomic mass is 10.1. The van der Waals surface area contributed by atoms with Gasteiger partial charge in [-0.15, -0.1) is 0 Å². The number of hydrogen-bond acceptors (Lipinski definition) is 8. The summed E-state index contributed by atoms with van der Waals surface area (Å²) in [5.74, 6) is -1.44. The predicted octanol–water partition coefficient (Wildman–Crippen LogP) is -0.995. The van der Waals surface area contributed by atoms with Crippen LogP contribution < -0.4 is 10.2 Å². The number of anilines is 2. The molecular formula is C16H21I3N2O8. The number of halogens is 3. The highest BCUT2D eigenvalue weighted by Gasteiger charge is 2.29. The van der Waals surface area contributed by atoms with Crippen molar-refractivity contribution in [1.29, 1.82) is 0 Å². The van der Waals surface area contributed by atoms with Crippen molar-refractivity contribution in [3.63, 3.8) is 0 Å². The van der Waals surface area contributed by atoms with Gasteiger partial charge in [0.2, 0.25) is 5.91 Å². The minimum absolute atomic E-state index is 0.00265. The topological polar surface area (TPSA) is 171 Å². The summed E-state index contributed by atoms with van der Waals surface area (Å²) in [5.41, 5.74) is 1.05. The molecule has 1 aromatic carbocycles. The average Bonchev–Trinajstić information content (AvgIpc) is 2.72. The van der Waals surface area contributed by atoms with E-state index in [0.717, 1.165) is 4.90 Å². The Morgan fingerprint density at radius 1 is 0.897 bits per heavy atom. The lowest BCUT2D eigenvalue weighted by molar-refractivity contribution is -0.121. The highest BCUT2D eigenvalue weighted by atomic mass is 127. The fourth-order valence-electron chi connectivity index (χ4n) is 2.38. The molecule has 0 bridgehead atoms. The molecule has 0 radical (unpaired) electrons. The molecule has 0 heterocycles. The molecule has 2 amide bonds. The van der Waals surface area contributed by atoms with Gasteiger partial charge in [0.15, 0.2) is 0 Å². The highest BCUT2D eigenvalue weighted by molar-refractivity contribution is 14.1. The van der Waals surface area contributed by atoms with Gasteiger partial charge in [0, 0.05) is 13.6 Å². The molecule has 2 unspecified atom stereocenters. The summed E-state index contributed by atoms with van der Waals surface area (Å²) in [4.78, 5) is 25.3. The molecular weight excluding hydrogens is 729 g/mol. The number of amides is 2. The second-order valence-corrected chi connectivity index (χ2v) is 9.13. The van der Waals surface area contributed by atoms with Crippen molar-refractivity contribution in [1.82, 2.24) is 0 Å². The van der Waals surface area contributed by atoms with Crippen molar-refractivity contribution in [3.8, 4) is 0 Å². The largest absolute Gasteiger partial charge is 0.394 e. The van der Waals surface area contributed by atoms with Crippen LogP contribution in [0.2, 0.25) is 0 Å². The Hall–Kier alpha value is 0.110. The van der Waals surface area contributed by atoms with Crippen molar-refractivity contribution in [2.24, 2.45) is 0 Å². The van der Waals surface area contributed by atoms with Gasteiger partial charge < -0.3 is 40.9 Å². The van der Waals surface area contributed by atoms with Crippen molar-refractivity contribution >= 4 is 91.0 Å². The molecule has 1 rings (SSSR count). The Labute approximate surface area is 207 Å². The van der Waals surface area contributed by atoms with Gasteiger partial charge in [-0.05, 0) is 73.3 Å². The van der Waals surface area contributed by atoms with Gasteiger partial charge in [0.25, 0.3) is 5.91 Å². The van der Waals surface area contributed by atoms with E-state index in [4.69, 9.17) is 5.11 Å². The molecule has 0 aromatic heterocycles. The van der Waals surface area contributed by atoms with E-state index in [-0.39, 0.29) is 24.3 Å². The average molecular weight is 750 g/mol. The van der Waals surface area contributed by atoms with E-state index in [1.54, 1.807) is 0 Å². The first-order valence-corrected chi connectivity index (χ1v) is 11.4. The van der Waals surface area contributed by atoms with Crippen molar-refractivity contribution in [3.05, 3.63) is 16.3 Å². The summed E-state index contributed by atoms with van der Waals surface area (Å²) in [7, 11) is 0. The number of benzene rings is 1. The zero-order valence-electron chi connectivity index (χ0n) is 15.0. The Balaban J connectivity index is 3.76. The zero-order chi connectivity index (χ0) is 22.3. The van der Waals surface area contributed by atoms with Gasteiger partial charge >= 0.3 is 0 Å². The van der Waals surface area contributed by atoms with E-state index in [0.29, 0.717) is 16.3 Å². The van der Waals surface area contributed by atoms with Crippen LogP contribution >= 0.6 is 67.8 Å². The van der Waals surface area contributed by atoms with Crippen molar-refractivity contribution in [2.75, 3.05) is 43.2 Å². The van der Waals surface area contributed by atoms with Crippen LogP contribution in [0.4, 0.5) is 11.4 Å². The SMILES string of the molecule is O=C(CO)Nc1c(I)c(CC(O)CO)c(I)c(N(CC(O)CO)C(=O)CO)c1I. The van der Waals surface area contributed by atoms with E-state index in [1.807, 2.05) is 67.8 Å². The Kier molecular flexibility index (Phi) is 12.0. The summed E-state index contributed by atoms with van der Waals surface area (Å²) in [5, 5.41) is 59.2. The summed E-state index contributed by atoms with van der Waals surface area (Å²) >= 11 is 5.78. The maximum atomic E-state index is 12.4. The van der Waals surface area contributed by atoms with Crippen LogP contribution in [-0.4, -0.2) is 87.6 Å². The minimum atomic E-state index is -1.28. The fourth-order valence-corrected chi connectivity index (χ4v) is 6.84. The molecule has 13 heteroatoms. The molecule has 164 valence electrons. The summed E-state index contributed by atoms with van der Waals surface area (Å²) in [6.07, 6.45) is -2.38. The smallest absolute Gasteiger partial charge is 0.252 e. The second kappa shape index (κ2) is 12.8. The number of nitrogens with one attached hydrogen (secondary N) is 1. The molecule has 0 spiro atoms. The monoisotopic (exact) mass is 750 g/mol. The van der Waals surface area contributed by atoms with E-state index in [2.05, 4.69) is 5.32 Å². The van der Waals surface area contributed by atoms with E-state index in [9.17, 15) is 35.1 Å². The Bertz CT molecular complexity index is 750. The molecule has 29 heavy (non-hydrogen) atoms. The normalized spacial score (nSPS) is 13.1. The van der Waals surface area contributed by atoms with Crippen molar-refractivity contribution in [2.45, 2.75) is 18.6 Å². The first kappa shape index (κ1) is 27.1. The molecule has 0 saturated heterocycles. The molecule has 0 aliphatic carbocycles. The van der Waals surface area contributed by atoms with Crippen LogP contribution in [0.15, 0.2) is 0 Å². The number of aliphatic hydroxyl groups excluding tert-OH is 6. The highest BCUT2D eigenvalue weighted by Crippen LogP contribution is 2.41. The summed E-state index contributed by atoms with van der Waals surface area (Å²) < 4.78 is 1.43. The molecule has 0 aliphatic rings. The molecule has 7 N–H and O–H groups in total. The van der Waals surface area contributed by atoms with Gasteiger partial charge in [-0.1, -0.05) is 0 Å². The first-order chi connectivity index (χ1) is 13.6. The molecule has 2 atom stereocenters. The molecule has 1 aromatic rings. The minimum Gasteiger partial charge on any atom is -0.394 e. The number of carbonyl (C=O) groups excluding carboxylic acids is 2. The lowest BCUT2D eigenvalue weighted by Crippen LogP contribution is -2.41. The van der Waals surface area contributed by atoms with Gasteiger partial charge in [0.1, 0.15) is 13.2 Å². The van der Waals surface area contributed by atoms with Crippen molar-refractivity contribution < 1.29 is 40.2 Å². The first-order valence-electron chi connectivity index (χ1n) is 8.21. The molecule has 10 nitrogen and oxygen atoms in total. The number of carbonyl (C=O) groups is 2. The number of nitrogens with zero attached hydrogens (tertiary/aromatic N) is 1. The number of rotatable bonds is 10. The summed E-state index contributed by atoms with van der Waals surface area (Å²) in [6.45, 7) is -3.07. The van der Waals surface area contributed by atoms with E-state index >= 15 is 0 Å². The molecule has 0 aliphatic heterocycles. The van der Waals surface area contributed by atoms with Gasteiger partial charge in [-0.3, -0.25) is 9.59 Å². The molecule has 0 saturated carbocycles. The summed E-state index contributed by atoms with van der Waals surface area (Å²) in [6, 6.07) is 0. The lowest BCUT2D eigenvalue weighted by Gasteiger charge is -2.29. The number of hydrogen-bond donors (Lipinski definition) is 7. The number of aliphatic hydroxyl groups is 6. The maximum Gasteiger partial charge on any atom is 0.252 e. The fraction of sp³-hybridized carbons (Fsp3) is 0.500.